The van der Waals surface area contributed by atoms with Crippen molar-refractivity contribution in [1.29, 1.82) is 0 Å². The lowest BCUT2D eigenvalue weighted by molar-refractivity contribution is -0.156. The number of carbonyl (C=O) groups excluding carboxylic acids is 2. The molecule has 0 aliphatic carbocycles. The second kappa shape index (κ2) is 7.53. The van der Waals surface area contributed by atoms with E-state index in [-0.39, 0.29) is 12.4 Å². The van der Waals surface area contributed by atoms with Crippen LogP contribution in [-0.2, 0) is 19.1 Å². The molecule has 1 aromatic heterocycles. The standard InChI is InChI=1S/C13H18O5/c1-3-6-12(14)18-11(9-13(15)16-4-2)10-7-5-8-17-10/h5,7-8,11H,3-4,6,9H2,1-2H3. The molecule has 0 saturated carbocycles. The highest BCUT2D eigenvalue weighted by Gasteiger charge is 2.23. The van der Waals surface area contributed by atoms with E-state index < -0.39 is 12.1 Å². The van der Waals surface area contributed by atoms with E-state index in [4.69, 9.17) is 13.9 Å². The van der Waals surface area contributed by atoms with E-state index >= 15 is 0 Å². The molecule has 5 heteroatoms. The lowest BCUT2D eigenvalue weighted by Gasteiger charge is -2.14. The van der Waals surface area contributed by atoms with Crippen molar-refractivity contribution >= 4 is 11.9 Å². The Hall–Kier alpha value is -1.78. The molecule has 1 unspecified atom stereocenters. The van der Waals surface area contributed by atoms with Crippen molar-refractivity contribution in [3.05, 3.63) is 24.2 Å². The summed E-state index contributed by atoms with van der Waals surface area (Å²) in [5, 5.41) is 0. The predicted molar refractivity (Wildman–Crippen MR) is 63.7 cm³/mol. The van der Waals surface area contributed by atoms with Crippen LogP contribution < -0.4 is 0 Å². The lowest BCUT2D eigenvalue weighted by Crippen LogP contribution is -2.16. The van der Waals surface area contributed by atoms with Crippen LogP contribution in [0.3, 0.4) is 0 Å². The van der Waals surface area contributed by atoms with Crippen molar-refractivity contribution < 1.29 is 23.5 Å². The Labute approximate surface area is 106 Å². The van der Waals surface area contributed by atoms with Crippen LogP contribution in [0.1, 0.15) is 45.0 Å². The first-order chi connectivity index (χ1) is 8.67. The normalized spacial score (nSPS) is 11.9. The van der Waals surface area contributed by atoms with Gasteiger partial charge in [0.2, 0.25) is 0 Å². The number of rotatable bonds is 7. The van der Waals surface area contributed by atoms with E-state index in [1.165, 1.54) is 6.26 Å². The molecule has 0 fully saturated rings. The van der Waals surface area contributed by atoms with Crippen LogP contribution >= 0.6 is 0 Å². The zero-order valence-corrected chi connectivity index (χ0v) is 10.7. The van der Waals surface area contributed by atoms with Gasteiger partial charge in [-0.25, -0.2) is 0 Å². The predicted octanol–water partition coefficient (Wildman–Crippen LogP) is 2.62. The second-order valence-corrected chi connectivity index (χ2v) is 3.75. The van der Waals surface area contributed by atoms with Crippen LogP contribution in [0, 0.1) is 0 Å². The average Bonchev–Trinajstić information content (AvgIpc) is 2.82. The number of furan rings is 1. The molecule has 0 bridgehead atoms. The van der Waals surface area contributed by atoms with Gasteiger partial charge in [-0.1, -0.05) is 6.92 Å². The molecule has 1 rings (SSSR count). The molecule has 1 aromatic rings. The van der Waals surface area contributed by atoms with Crippen molar-refractivity contribution in [1.82, 2.24) is 0 Å². The Morgan fingerprint density at radius 3 is 2.67 bits per heavy atom. The summed E-state index contributed by atoms with van der Waals surface area (Å²) in [4.78, 5) is 22.9. The summed E-state index contributed by atoms with van der Waals surface area (Å²) in [6.45, 7) is 3.91. The number of hydrogen-bond acceptors (Lipinski definition) is 5. The van der Waals surface area contributed by atoms with Crippen LogP contribution in [0.15, 0.2) is 22.8 Å². The summed E-state index contributed by atoms with van der Waals surface area (Å²) >= 11 is 0. The van der Waals surface area contributed by atoms with Gasteiger partial charge in [0, 0.05) is 6.42 Å². The van der Waals surface area contributed by atoms with Crippen LogP contribution in [0.5, 0.6) is 0 Å². The van der Waals surface area contributed by atoms with E-state index in [0.717, 1.165) is 0 Å². The maximum Gasteiger partial charge on any atom is 0.310 e. The molecule has 1 atom stereocenters. The number of carbonyl (C=O) groups is 2. The molecule has 0 amide bonds. The molecule has 0 aromatic carbocycles. The fourth-order valence-corrected chi connectivity index (χ4v) is 1.47. The van der Waals surface area contributed by atoms with E-state index in [1.54, 1.807) is 19.1 Å². The zero-order chi connectivity index (χ0) is 13.4. The Morgan fingerprint density at radius 1 is 1.33 bits per heavy atom. The topological polar surface area (TPSA) is 65.7 Å². The van der Waals surface area contributed by atoms with Crippen LogP contribution in [-0.4, -0.2) is 18.5 Å². The summed E-state index contributed by atoms with van der Waals surface area (Å²) < 4.78 is 15.2. The molecule has 100 valence electrons. The van der Waals surface area contributed by atoms with Gasteiger partial charge < -0.3 is 13.9 Å². The van der Waals surface area contributed by atoms with Crippen molar-refractivity contribution in [3.63, 3.8) is 0 Å². The quantitative estimate of drug-likeness (QED) is 0.700. The monoisotopic (exact) mass is 254 g/mol. The van der Waals surface area contributed by atoms with Gasteiger partial charge in [0.15, 0.2) is 6.10 Å². The maximum absolute atomic E-state index is 11.5. The largest absolute Gasteiger partial charge is 0.466 e. The van der Waals surface area contributed by atoms with E-state index in [0.29, 0.717) is 25.2 Å². The van der Waals surface area contributed by atoms with E-state index in [9.17, 15) is 9.59 Å². The fraction of sp³-hybridized carbons (Fsp3) is 0.538. The van der Waals surface area contributed by atoms with Gasteiger partial charge in [0.25, 0.3) is 0 Å². The van der Waals surface area contributed by atoms with Crippen LogP contribution in [0.2, 0.25) is 0 Å². The lowest BCUT2D eigenvalue weighted by atomic mass is 10.2. The smallest absolute Gasteiger partial charge is 0.310 e. The SMILES string of the molecule is CCCC(=O)OC(CC(=O)OCC)c1ccco1. The van der Waals surface area contributed by atoms with Crippen molar-refractivity contribution in [2.75, 3.05) is 6.61 Å². The summed E-state index contributed by atoms with van der Waals surface area (Å²) in [6.07, 6.45) is 1.75. The first kappa shape index (κ1) is 14.3. The minimum atomic E-state index is -0.710. The summed E-state index contributed by atoms with van der Waals surface area (Å²) in [6, 6.07) is 3.35. The van der Waals surface area contributed by atoms with E-state index in [1.807, 2.05) is 6.92 Å². The first-order valence-corrected chi connectivity index (χ1v) is 6.05. The minimum absolute atomic E-state index is 0.0309. The molecule has 0 spiro atoms. The van der Waals surface area contributed by atoms with Crippen LogP contribution in [0.4, 0.5) is 0 Å². The van der Waals surface area contributed by atoms with Gasteiger partial charge in [0.05, 0.1) is 19.3 Å². The molecule has 0 radical (unpaired) electrons. The zero-order valence-electron chi connectivity index (χ0n) is 10.7. The van der Waals surface area contributed by atoms with Crippen molar-refractivity contribution in [3.8, 4) is 0 Å². The van der Waals surface area contributed by atoms with Crippen molar-refractivity contribution in [2.24, 2.45) is 0 Å². The molecule has 5 nitrogen and oxygen atoms in total. The minimum Gasteiger partial charge on any atom is -0.466 e. The fourth-order valence-electron chi connectivity index (χ4n) is 1.47. The molecule has 1 heterocycles. The maximum atomic E-state index is 11.5. The Morgan fingerprint density at radius 2 is 2.11 bits per heavy atom. The molecular formula is C13H18O5. The molecular weight excluding hydrogens is 236 g/mol. The Balaban J connectivity index is 2.64. The highest BCUT2D eigenvalue weighted by atomic mass is 16.6. The van der Waals surface area contributed by atoms with Gasteiger partial charge in [-0.05, 0) is 25.5 Å². The second-order valence-electron chi connectivity index (χ2n) is 3.75. The molecule has 18 heavy (non-hydrogen) atoms. The highest BCUT2D eigenvalue weighted by molar-refractivity contribution is 5.72. The molecule has 0 aliphatic rings. The molecule has 0 aliphatic heterocycles. The first-order valence-electron chi connectivity index (χ1n) is 6.05. The third-order valence-electron chi connectivity index (χ3n) is 2.25. The number of ether oxygens (including phenoxy) is 2. The number of hydrogen-bond donors (Lipinski definition) is 0. The third-order valence-corrected chi connectivity index (χ3v) is 2.25. The van der Waals surface area contributed by atoms with Gasteiger partial charge in [-0.2, -0.15) is 0 Å². The van der Waals surface area contributed by atoms with Gasteiger partial charge >= 0.3 is 11.9 Å². The van der Waals surface area contributed by atoms with E-state index in [2.05, 4.69) is 0 Å². The summed E-state index contributed by atoms with van der Waals surface area (Å²) in [5.74, 6) is -0.307. The van der Waals surface area contributed by atoms with Crippen LogP contribution in [0.25, 0.3) is 0 Å². The Kier molecular flexibility index (Phi) is 5.97. The van der Waals surface area contributed by atoms with Gasteiger partial charge in [-0.3, -0.25) is 9.59 Å². The third kappa shape index (κ3) is 4.61. The Bertz CT molecular complexity index is 349. The number of esters is 2. The van der Waals surface area contributed by atoms with Crippen molar-refractivity contribution in [2.45, 2.75) is 39.2 Å². The highest BCUT2D eigenvalue weighted by Crippen LogP contribution is 2.23. The summed E-state index contributed by atoms with van der Waals surface area (Å²) in [7, 11) is 0. The molecule has 0 N–H and O–H groups in total. The average molecular weight is 254 g/mol. The van der Waals surface area contributed by atoms with Gasteiger partial charge in [-0.15, -0.1) is 0 Å². The van der Waals surface area contributed by atoms with Gasteiger partial charge in [0.1, 0.15) is 5.76 Å². The molecule has 0 saturated heterocycles. The summed E-state index contributed by atoms with van der Waals surface area (Å²) in [5.41, 5.74) is 0.